The van der Waals surface area contributed by atoms with E-state index in [1.807, 2.05) is 0 Å². The molecule has 0 aromatic carbocycles. The van der Waals surface area contributed by atoms with Gasteiger partial charge in [-0.25, -0.2) is 18.3 Å². The summed E-state index contributed by atoms with van der Waals surface area (Å²) in [6.07, 6.45) is 0. The normalized spacial score (nSPS) is 4.45. The summed E-state index contributed by atoms with van der Waals surface area (Å²) in [5, 5.41) is 7.42. The van der Waals surface area contributed by atoms with Gasteiger partial charge in [-0.2, -0.15) is 0 Å². The molecule has 11 heavy (non-hydrogen) atoms. The molecule has 0 radical (unpaired) electrons. The van der Waals surface area contributed by atoms with Crippen molar-refractivity contribution >= 4 is 22.6 Å². The van der Waals surface area contributed by atoms with Crippen molar-refractivity contribution in [1.82, 2.24) is 0 Å². The van der Waals surface area contributed by atoms with Crippen molar-refractivity contribution in [2.75, 3.05) is 0 Å². The van der Waals surface area contributed by atoms with Crippen LogP contribution in [0.5, 0.6) is 0 Å². The Kier molecular flexibility index (Phi) is 66.5. The van der Waals surface area contributed by atoms with Gasteiger partial charge in [0.05, 0.1) is 0 Å². The first kappa shape index (κ1) is 22.4. The molecular formula is C2H6O6P2Pd. The molecule has 0 aliphatic rings. The molecule has 6 nitrogen and oxygen atoms in total. The molecule has 1 N–H and O–H groups in total. The monoisotopic (exact) mass is 294 g/mol. The third-order valence-electron chi connectivity index (χ3n) is 0. The maximum absolute atomic E-state index is 9.00. The van der Waals surface area contributed by atoms with E-state index in [0.717, 1.165) is 6.92 Å². The van der Waals surface area contributed by atoms with Crippen LogP contribution in [0.15, 0.2) is 0 Å². The van der Waals surface area contributed by atoms with E-state index >= 15 is 0 Å². The predicted octanol–water partition coefficient (Wildman–Crippen LogP) is 0.800. The van der Waals surface area contributed by atoms with Crippen LogP contribution >= 0.6 is 16.7 Å². The van der Waals surface area contributed by atoms with Crippen molar-refractivity contribution in [2.45, 2.75) is 6.92 Å². The van der Waals surface area contributed by atoms with Crippen LogP contribution < -0.4 is 0 Å². The van der Waals surface area contributed by atoms with Gasteiger partial charge in [-0.3, -0.25) is 4.79 Å². The number of carboxylic acids is 1. The SMILES string of the molecule is CC(=O)O.O=[PH]=O.O=[PH]=O.[Pd]. The second-order valence-corrected chi connectivity index (χ2v) is 1.02. The van der Waals surface area contributed by atoms with Gasteiger partial charge in [-0.05, 0) is 0 Å². The number of hydrogen-bond acceptors (Lipinski definition) is 5. The number of rotatable bonds is 0. The molecule has 0 aliphatic heterocycles. The van der Waals surface area contributed by atoms with Gasteiger partial charge in [0.2, 0.25) is 0 Å². The quantitative estimate of drug-likeness (QED) is 0.523. The number of hydrogen-bond donors (Lipinski definition) is 1. The third-order valence-corrected chi connectivity index (χ3v) is 0. The zero-order valence-electron chi connectivity index (χ0n) is 5.30. The van der Waals surface area contributed by atoms with Crippen LogP contribution in [-0.2, 0) is 43.5 Å². The second kappa shape index (κ2) is 32.6. The van der Waals surface area contributed by atoms with Crippen LogP contribution in [0.1, 0.15) is 6.92 Å². The fraction of sp³-hybridized carbons (Fsp3) is 0.500. The molecule has 0 unspecified atom stereocenters. The zero-order chi connectivity index (χ0) is 8.99. The average molecular weight is 294 g/mol. The molecule has 0 bridgehead atoms. The summed E-state index contributed by atoms with van der Waals surface area (Å²) in [6.45, 7) is 1.08. The van der Waals surface area contributed by atoms with Crippen LogP contribution in [0.2, 0.25) is 0 Å². The fourth-order valence-electron chi connectivity index (χ4n) is 0. The van der Waals surface area contributed by atoms with Gasteiger partial charge >= 0.3 is 16.7 Å². The molecule has 0 aromatic heterocycles. The first-order valence-corrected chi connectivity index (χ1v) is 3.38. The smallest absolute Gasteiger partial charge is 0.303 e. The summed E-state index contributed by atoms with van der Waals surface area (Å²) < 4.78 is 33.6. The Hall–Kier alpha value is -0.0677. The molecule has 0 amide bonds. The van der Waals surface area contributed by atoms with Gasteiger partial charge in [-0.15, -0.1) is 0 Å². The van der Waals surface area contributed by atoms with Gasteiger partial charge < -0.3 is 5.11 Å². The topological polar surface area (TPSA) is 106 Å². The maximum Gasteiger partial charge on any atom is 0.303 e. The van der Waals surface area contributed by atoms with E-state index in [-0.39, 0.29) is 20.4 Å². The van der Waals surface area contributed by atoms with Crippen molar-refractivity contribution in [3.05, 3.63) is 0 Å². The summed E-state index contributed by atoms with van der Waals surface area (Å²) in [5.74, 6) is -0.833. The number of aliphatic carboxylic acids is 1. The molecule has 0 saturated heterocycles. The fourth-order valence-corrected chi connectivity index (χ4v) is 0. The Labute approximate surface area is 78.5 Å². The average Bonchev–Trinajstić information content (AvgIpc) is 1.65. The molecule has 0 fully saturated rings. The first-order chi connectivity index (χ1) is 4.56. The minimum Gasteiger partial charge on any atom is -0.481 e. The van der Waals surface area contributed by atoms with Gasteiger partial charge in [0.1, 0.15) is 0 Å². The van der Waals surface area contributed by atoms with Crippen LogP contribution in [0.3, 0.4) is 0 Å². The van der Waals surface area contributed by atoms with E-state index in [2.05, 4.69) is 0 Å². The zero-order valence-corrected chi connectivity index (χ0v) is 8.86. The van der Waals surface area contributed by atoms with Crippen LogP contribution in [0, 0.1) is 0 Å². The van der Waals surface area contributed by atoms with Crippen molar-refractivity contribution in [3.63, 3.8) is 0 Å². The van der Waals surface area contributed by atoms with Crippen LogP contribution in [0.25, 0.3) is 0 Å². The third kappa shape index (κ3) is 137000. The summed E-state index contributed by atoms with van der Waals surface area (Å²) >= 11 is 0. The van der Waals surface area contributed by atoms with E-state index in [4.69, 9.17) is 28.2 Å². The van der Waals surface area contributed by atoms with Crippen molar-refractivity contribution < 1.29 is 48.6 Å². The van der Waals surface area contributed by atoms with E-state index in [0.29, 0.717) is 0 Å². The number of carboxylic acid groups (broad SMARTS) is 1. The molecule has 0 saturated carbocycles. The van der Waals surface area contributed by atoms with Crippen LogP contribution in [0.4, 0.5) is 0 Å². The molecular weight excluding hydrogens is 288 g/mol. The Morgan fingerprint density at radius 1 is 1.09 bits per heavy atom. The molecule has 0 heterocycles. The molecule has 0 rings (SSSR count). The van der Waals surface area contributed by atoms with Gasteiger partial charge in [0.15, 0.2) is 0 Å². The standard InChI is InChI=1S/C2H4O2.2HO2P.Pd/c1-2(3)4;2*1-3-2;/h1H3,(H,3,4);2*3H;. The first-order valence-electron chi connectivity index (χ1n) is 1.74. The largest absolute Gasteiger partial charge is 0.481 e. The molecule has 9 heteroatoms. The second-order valence-electron chi connectivity index (χ2n) is 0.686. The maximum atomic E-state index is 9.00. The van der Waals surface area contributed by atoms with Gasteiger partial charge in [0.25, 0.3) is 5.97 Å². The number of carbonyl (C=O) groups is 1. The summed E-state index contributed by atoms with van der Waals surface area (Å²) in [5.41, 5.74) is 0. The Bertz CT molecular complexity index is 129. The molecule has 70 valence electrons. The van der Waals surface area contributed by atoms with Crippen molar-refractivity contribution in [1.29, 1.82) is 0 Å². The summed E-state index contributed by atoms with van der Waals surface area (Å²) in [4.78, 5) is 9.00. The van der Waals surface area contributed by atoms with E-state index < -0.39 is 22.6 Å². The predicted molar refractivity (Wildman–Crippen MR) is 32.7 cm³/mol. The molecule has 0 aliphatic carbocycles. The summed E-state index contributed by atoms with van der Waals surface area (Å²) in [7, 11) is -2.83. The van der Waals surface area contributed by atoms with E-state index in [1.165, 1.54) is 0 Å². The molecule has 0 spiro atoms. The van der Waals surface area contributed by atoms with Gasteiger partial charge in [0, 0.05) is 27.3 Å². The van der Waals surface area contributed by atoms with Crippen LogP contribution in [-0.4, -0.2) is 11.1 Å². The van der Waals surface area contributed by atoms with Gasteiger partial charge in [-0.1, -0.05) is 0 Å². The Morgan fingerprint density at radius 3 is 1.09 bits per heavy atom. The van der Waals surface area contributed by atoms with Crippen molar-refractivity contribution in [3.8, 4) is 0 Å². The van der Waals surface area contributed by atoms with Crippen molar-refractivity contribution in [2.24, 2.45) is 0 Å². The van der Waals surface area contributed by atoms with E-state index in [9.17, 15) is 0 Å². The summed E-state index contributed by atoms with van der Waals surface area (Å²) in [6, 6.07) is 0. The molecule has 0 atom stereocenters. The minimum absolute atomic E-state index is 0. The Balaban J connectivity index is -0.0000000325. The Morgan fingerprint density at radius 2 is 1.09 bits per heavy atom. The van der Waals surface area contributed by atoms with E-state index in [1.54, 1.807) is 0 Å². The minimum atomic E-state index is -1.42. The molecule has 0 aromatic rings.